The number of carbonyl (C=O) groups excluding carboxylic acids is 2. The lowest BCUT2D eigenvalue weighted by Gasteiger charge is -2.32. The highest BCUT2D eigenvalue weighted by molar-refractivity contribution is 5.97. The van der Waals surface area contributed by atoms with Gasteiger partial charge in [0.05, 0.1) is 7.11 Å². The number of ether oxygens (including phenoxy) is 2. The van der Waals surface area contributed by atoms with Crippen LogP contribution in [0.2, 0.25) is 0 Å². The van der Waals surface area contributed by atoms with E-state index in [2.05, 4.69) is 4.98 Å². The maximum atomic E-state index is 12.5. The second kappa shape index (κ2) is 8.24. The van der Waals surface area contributed by atoms with Crippen molar-refractivity contribution in [2.75, 3.05) is 26.8 Å². The minimum absolute atomic E-state index is 0.0946. The third kappa shape index (κ3) is 3.98. The Morgan fingerprint density at radius 2 is 1.93 bits per heavy atom. The van der Waals surface area contributed by atoms with Crippen molar-refractivity contribution in [3.05, 3.63) is 35.8 Å². The van der Waals surface area contributed by atoms with Gasteiger partial charge in [-0.15, -0.1) is 0 Å². The third-order valence-electron chi connectivity index (χ3n) is 5.73. The number of likely N-dealkylation sites (tertiary alicyclic amines) is 1. The van der Waals surface area contributed by atoms with Crippen molar-refractivity contribution in [1.29, 1.82) is 0 Å². The topological polar surface area (TPSA) is 111 Å². The molecule has 0 saturated carbocycles. The third-order valence-corrected chi connectivity index (χ3v) is 5.73. The molecule has 2 aliphatic rings. The number of amides is 2. The van der Waals surface area contributed by atoms with E-state index in [9.17, 15) is 9.59 Å². The fourth-order valence-electron chi connectivity index (χ4n) is 4.07. The lowest BCUT2D eigenvalue weighted by Crippen LogP contribution is -2.43. The van der Waals surface area contributed by atoms with E-state index in [0.717, 1.165) is 42.8 Å². The number of nitrogens with two attached hydrogens (primary N) is 1. The molecule has 0 aliphatic carbocycles. The normalized spacial score (nSPS) is 20.0. The number of carbonyl (C=O) groups is 2. The summed E-state index contributed by atoms with van der Waals surface area (Å²) in [4.78, 5) is 34.2. The van der Waals surface area contributed by atoms with Crippen LogP contribution < -0.4 is 10.5 Å². The molecule has 2 fully saturated rings. The SMILES string of the molecule is COc1ccc(-c2nc(C3CCN(C(=O)C4CCCO4)CC3)[nH]c2C(N)=O)cc1. The average molecular weight is 398 g/mol. The van der Waals surface area contributed by atoms with Gasteiger partial charge in [0, 0.05) is 31.2 Å². The van der Waals surface area contributed by atoms with Gasteiger partial charge in [-0.1, -0.05) is 0 Å². The minimum atomic E-state index is -0.541. The minimum Gasteiger partial charge on any atom is -0.497 e. The van der Waals surface area contributed by atoms with Crippen LogP contribution in [0.1, 0.15) is 47.9 Å². The van der Waals surface area contributed by atoms with Gasteiger partial charge < -0.3 is 25.1 Å². The summed E-state index contributed by atoms with van der Waals surface area (Å²) in [5.74, 6) is 1.17. The molecule has 2 amide bonds. The van der Waals surface area contributed by atoms with Crippen LogP contribution in [-0.4, -0.2) is 59.6 Å². The molecule has 2 aliphatic heterocycles. The lowest BCUT2D eigenvalue weighted by molar-refractivity contribution is -0.142. The number of rotatable bonds is 5. The fourth-order valence-corrected chi connectivity index (χ4v) is 4.07. The van der Waals surface area contributed by atoms with Crippen LogP contribution in [0.25, 0.3) is 11.3 Å². The quantitative estimate of drug-likeness (QED) is 0.801. The van der Waals surface area contributed by atoms with Crippen LogP contribution in [0.3, 0.4) is 0 Å². The van der Waals surface area contributed by atoms with E-state index < -0.39 is 5.91 Å². The summed E-state index contributed by atoms with van der Waals surface area (Å²) in [5.41, 5.74) is 7.24. The average Bonchev–Trinajstić information content (AvgIpc) is 3.44. The molecule has 154 valence electrons. The van der Waals surface area contributed by atoms with E-state index in [1.807, 2.05) is 29.2 Å². The first kappa shape index (κ1) is 19.4. The number of primary amides is 1. The molecule has 1 unspecified atom stereocenters. The predicted octanol–water partition coefficient (Wildman–Crippen LogP) is 2.07. The molecule has 0 spiro atoms. The molecule has 8 nitrogen and oxygen atoms in total. The van der Waals surface area contributed by atoms with E-state index in [-0.39, 0.29) is 17.9 Å². The monoisotopic (exact) mass is 398 g/mol. The molecule has 0 radical (unpaired) electrons. The van der Waals surface area contributed by atoms with E-state index in [0.29, 0.717) is 31.1 Å². The number of H-pyrrole nitrogens is 1. The number of hydrogen-bond donors (Lipinski definition) is 2. The molecule has 0 bridgehead atoms. The highest BCUT2D eigenvalue weighted by Crippen LogP contribution is 2.31. The summed E-state index contributed by atoms with van der Waals surface area (Å²) >= 11 is 0. The van der Waals surface area contributed by atoms with Gasteiger partial charge in [0.1, 0.15) is 29.1 Å². The highest BCUT2D eigenvalue weighted by atomic mass is 16.5. The molecular weight excluding hydrogens is 372 g/mol. The van der Waals surface area contributed by atoms with Gasteiger partial charge in [-0.05, 0) is 49.9 Å². The molecule has 2 saturated heterocycles. The van der Waals surface area contributed by atoms with Crippen LogP contribution in [0.4, 0.5) is 0 Å². The van der Waals surface area contributed by atoms with Crippen LogP contribution in [0, 0.1) is 0 Å². The summed E-state index contributed by atoms with van der Waals surface area (Å²) in [6.45, 7) is 1.99. The van der Waals surface area contributed by atoms with Crippen molar-refractivity contribution in [1.82, 2.24) is 14.9 Å². The first-order valence-corrected chi connectivity index (χ1v) is 10.0. The van der Waals surface area contributed by atoms with Crippen LogP contribution in [0.15, 0.2) is 24.3 Å². The molecule has 29 heavy (non-hydrogen) atoms. The Morgan fingerprint density at radius 1 is 1.21 bits per heavy atom. The molecular formula is C21H26N4O4. The van der Waals surface area contributed by atoms with E-state index in [1.54, 1.807) is 7.11 Å². The van der Waals surface area contributed by atoms with Crippen molar-refractivity contribution < 1.29 is 19.1 Å². The van der Waals surface area contributed by atoms with Crippen molar-refractivity contribution in [3.8, 4) is 17.0 Å². The van der Waals surface area contributed by atoms with E-state index >= 15 is 0 Å². The van der Waals surface area contributed by atoms with E-state index in [4.69, 9.17) is 20.2 Å². The molecule has 3 N–H and O–H groups in total. The lowest BCUT2D eigenvalue weighted by atomic mass is 9.95. The number of nitrogens with zero attached hydrogens (tertiary/aromatic N) is 2. The van der Waals surface area contributed by atoms with Crippen molar-refractivity contribution in [2.24, 2.45) is 5.73 Å². The zero-order valence-corrected chi connectivity index (χ0v) is 16.5. The zero-order chi connectivity index (χ0) is 20.4. The maximum absolute atomic E-state index is 12.5. The smallest absolute Gasteiger partial charge is 0.267 e. The molecule has 4 rings (SSSR count). The summed E-state index contributed by atoms with van der Waals surface area (Å²) in [6, 6.07) is 7.36. The molecule has 8 heteroatoms. The number of nitrogens with one attached hydrogen (secondary N) is 1. The summed E-state index contributed by atoms with van der Waals surface area (Å²) in [5, 5.41) is 0. The van der Waals surface area contributed by atoms with Gasteiger partial charge in [0.15, 0.2) is 0 Å². The number of aromatic amines is 1. The standard InChI is InChI=1S/C21H26N4O4/c1-28-15-6-4-13(5-7-15)17-18(19(22)26)24-20(23-17)14-8-10-25(11-9-14)21(27)16-3-2-12-29-16/h4-7,14,16H,2-3,8-12H2,1H3,(H2,22,26)(H,23,24). The Kier molecular flexibility index (Phi) is 5.53. The number of aromatic nitrogens is 2. The molecule has 3 heterocycles. The highest BCUT2D eigenvalue weighted by Gasteiger charge is 2.32. The van der Waals surface area contributed by atoms with Gasteiger partial charge in [0.25, 0.3) is 11.8 Å². The summed E-state index contributed by atoms with van der Waals surface area (Å²) in [7, 11) is 1.60. The Morgan fingerprint density at radius 3 is 2.52 bits per heavy atom. The maximum Gasteiger partial charge on any atom is 0.267 e. The van der Waals surface area contributed by atoms with Crippen LogP contribution in [0.5, 0.6) is 5.75 Å². The number of piperidine rings is 1. The molecule has 1 aromatic carbocycles. The van der Waals surface area contributed by atoms with Gasteiger partial charge >= 0.3 is 0 Å². The first-order valence-electron chi connectivity index (χ1n) is 10.0. The molecule has 1 atom stereocenters. The second-order valence-electron chi connectivity index (χ2n) is 7.54. The molecule has 1 aromatic heterocycles. The number of methoxy groups -OCH3 is 1. The van der Waals surface area contributed by atoms with Crippen LogP contribution in [-0.2, 0) is 9.53 Å². The van der Waals surface area contributed by atoms with Crippen molar-refractivity contribution >= 4 is 11.8 Å². The Bertz CT molecular complexity index is 879. The largest absolute Gasteiger partial charge is 0.497 e. The number of benzene rings is 1. The van der Waals surface area contributed by atoms with Gasteiger partial charge in [-0.3, -0.25) is 9.59 Å². The zero-order valence-electron chi connectivity index (χ0n) is 16.5. The van der Waals surface area contributed by atoms with Crippen LogP contribution >= 0.6 is 0 Å². The van der Waals surface area contributed by atoms with Crippen molar-refractivity contribution in [3.63, 3.8) is 0 Å². The Hall–Kier alpha value is -2.87. The van der Waals surface area contributed by atoms with E-state index in [1.165, 1.54) is 0 Å². The summed E-state index contributed by atoms with van der Waals surface area (Å²) < 4.78 is 10.7. The van der Waals surface area contributed by atoms with Gasteiger partial charge in [-0.2, -0.15) is 0 Å². The fraction of sp³-hybridized carbons (Fsp3) is 0.476. The predicted molar refractivity (Wildman–Crippen MR) is 107 cm³/mol. The second-order valence-corrected chi connectivity index (χ2v) is 7.54. The van der Waals surface area contributed by atoms with Gasteiger partial charge in [0.2, 0.25) is 0 Å². The first-order chi connectivity index (χ1) is 14.1. The summed E-state index contributed by atoms with van der Waals surface area (Å²) in [6.07, 6.45) is 3.05. The molecule has 2 aromatic rings. The Balaban J connectivity index is 1.49. The number of hydrogen-bond acceptors (Lipinski definition) is 5. The van der Waals surface area contributed by atoms with Crippen molar-refractivity contribution in [2.45, 2.75) is 37.7 Å². The number of imidazole rings is 1. The van der Waals surface area contributed by atoms with Gasteiger partial charge in [-0.25, -0.2) is 4.98 Å². The Labute approximate surface area is 169 Å².